The summed E-state index contributed by atoms with van der Waals surface area (Å²) in [4.78, 5) is 12.4. The Morgan fingerprint density at radius 2 is 1.74 bits per heavy atom. The summed E-state index contributed by atoms with van der Waals surface area (Å²) in [7, 11) is 0. The number of nitrogens with two attached hydrogens (primary N) is 1. The van der Waals surface area contributed by atoms with Crippen LogP contribution in [0.1, 0.15) is 47.0 Å². The zero-order valence-corrected chi connectivity index (χ0v) is 20.9. The highest BCUT2D eigenvalue weighted by molar-refractivity contribution is 5.78. The lowest BCUT2D eigenvalue weighted by Gasteiger charge is -2.25. The zero-order valence-electron chi connectivity index (χ0n) is 20.9. The van der Waals surface area contributed by atoms with Gasteiger partial charge >= 0.3 is 0 Å². The molecule has 34 heavy (non-hydrogen) atoms. The summed E-state index contributed by atoms with van der Waals surface area (Å²) >= 11 is 0. The van der Waals surface area contributed by atoms with Gasteiger partial charge in [-0.2, -0.15) is 0 Å². The van der Waals surface area contributed by atoms with Gasteiger partial charge in [0.1, 0.15) is 11.3 Å². The molecule has 8 heteroatoms. The van der Waals surface area contributed by atoms with Gasteiger partial charge in [0.15, 0.2) is 17.1 Å². The van der Waals surface area contributed by atoms with Gasteiger partial charge in [-0.05, 0) is 61.9 Å². The van der Waals surface area contributed by atoms with Crippen molar-refractivity contribution in [1.29, 1.82) is 0 Å². The SMILES string of the molecule is CC(C)CCN(CCC(C)C)c1ccc2nc(Nc3ccc4c(c3)OCO4)n(CCCN)c2n1. The van der Waals surface area contributed by atoms with E-state index in [-0.39, 0.29) is 6.79 Å². The van der Waals surface area contributed by atoms with E-state index in [9.17, 15) is 0 Å². The number of imidazole rings is 1. The lowest BCUT2D eigenvalue weighted by atomic mass is 10.1. The number of hydrogen-bond donors (Lipinski definition) is 2. The fourth-order valence-corrected chi connectivity index (χ4v) is 4.00. The minimum atomic E-state index is 0.255. The average Bonchev–Trinajstić information content (AvgIpc) is 3.40. The van der Waals surface area contributed by atoms with Crippen molar-refractivity contribution in [3.05, 3.63) is 30.3 Å². The highest BCUT2D eigenvalue weighted by atomic mass is 16.7. The number of hydrogen-bond acceptors (Lipinski definition) is 7. The smallest absolute Gasteiger partial charge is 0.231 e. The normalized spacial score (nSPS) is 12.8. The number of nitrogens with zero attached hydrogens (tertiary/aromatic N) is 4. The Labute approximate surface area is 202 Å². The quantitative estimate of drug-likeness (QED) is 0.381. The number of fused-ring (bicyclic) bond motifs is 2. The Morgan fingerprint density at radius 3 is 2.44 bits per heavy atom. The molecule has 1 aromatic carbocycles. The Morgan fingerprint density at radius 1 is 1.00 bits per heavy atom. The van der Waals surface area contributed by atoms with Crippen molar-refractivity contribution in [1.82, 2.24) is 14.5 Å². The number of ether oxygens (including phenoxy) is 2. The molecule has 0 atom stereocenters. The summed E-state index contributed by atoms with van der Waals surface area (Å²) in [6.45, 7) is 12.7. The van der Waals surface area contributed by atoms with Crippen LogP contribution in [0.3, 0.4) is 0 Å². The van der Waals surface area contributed by atoms with Crippen LogP contribution >= 0.6 is 0 Å². The minimum Gasteiger partial charge on any atom is -0.454 e. The van der Waals surface area contributed by atoms with Crippen LogP contribution in [-0.2, 0) is 6.54 Å². The molecule has 1 aliphatic heterocycles. The first-order chi connectivity index (χ1) is 16.4. The molecule has 0 fully saturated rings. The second-order valence-electron chi connectivity index (χ2n) is 9.79. The van der Waals surface area contributed by atoms with Crippen LogP contribution in [0, 0.1) is 11.8 Å². The Balaban J connectivity index is 1.65. The third-order valence-corrected chi connectivity index (χ3v) is 6.07. The number of pyridine rings is 1. The largest absolute Gasteiger partial charge is 0.454 e. The molecule has 0 bridgehead atoms. The molecule has 3 heterocycles. The molecule has 0 radical (unpaired) electrons. The van der Waals surface area contributed by atoms with Crippen LogP contribution in [0.15, 0.2) is 30.3 Å². The number of benzene rings is 1. The van der Waals surface area contributed by atoms with E-state index >= 15 is 0 Å². The summed E-state index contributed by atoms with van der Waals surface area (Å²) in [6, 6.07) is 10.0. The maximum absolute atomic E-state index is 5.85. The molecule has 0 unspecified atom stereocenters. The summed E-state index contributed by atoms with van der Waals surface area (Å²) < 4.78 is 13.1. The molecular formula is C26H38N6O2. The number of aromatic nitrogens is 3. The van der Waals surface area contributed by atoms with Crippen molar-refractivity contribution in [2.45, 2.75) is 53.5 Å². The van der Waals surface area contributed by atoms with Gasteiger partial charge in [0.25, 0.3) is 0 Å². The van der Waals surface area contributed by atoms with Gasteiger partial charge in [-0.3, -0.25) is 4.57 Å². The number of rotatable bonds is 12. The van der Waals surface area contributed by atoms with Gasteiger partial charge in [0.2, 0.25) is 12.7 Å². The van der Waals surface area contributed by atoms with Gasteiger partial charge in [0.05, 0.1) is 0 Å². The van der Waals surface area contributed by atoms with Crippen molar-refractivity contribution in [2.24, 2.45) is 17.6 Å². The lowest BCUT2D eigenvalue weighted by molar-refractivity contribution is 0.174. The molecule has 0 saturated carbocycles. The van der Waals surface area contributed by atoms with E-state index in [1.165, 1.54) is 0 Å². The first-order valence-electron chi connectivity index (χ1n) is 12.4. The fourth-order valence-electron chi connectivity index (χ4n) is 4.00. The van der Waals surface area contributed by atoms with E-state index in [4.69, 9.17) is 25.2 Å². The Bertz CT molecular complexity index is 1080. The number of aryl methyl sites for hydroxylation is 1. The van der Waals surface area contributed by atoms with Gasteiger partial charge < -0.3 is 25.4 Å². The lowest BCUT2D eigenvalue weighted by Crippen LogP contribution is -2.28. The zero-order chi connectivity index (χ0) is 24.1. The molecule has 0 saturated heterocycles. The number of anilines is 3. The molecule has 2 aromatic heterocycles. The molecule has 0 spiro atoms. The van der Waals surface area contributed by atoms with Gasteiger partial charge in [-0.15, -0.1) is 0 Å². The van der Waals surface area contributed by atoms with Crippen LogP contribution in [0.4, 0.5) is 17.5 Å². The molecule has 184 valence electrons. The predicted molar refractivity (Wildman–Crippen MR) is 138 cm³/mol. The van der Waals surface area contributed by atoms with Crippen LogP contribution in [-0.4, -0.2) is 41.0 Å². The second-order valence-corrected chi connectivity index (χ2v) is 9.79. The standard InChI is InChI=1S/C26H38N6O2/c1-18(2)10-14-31(15-11-19(3)4)24-9-7-21-25(30-24)32(13-5-12-27)26(29-21)28-20-6-8-22-23(16-20)34-17-33-22/h6-9,16,18-19H,5,10-15,17,27H2,1-4H3,(H,28,29). The van der Waals surface area contributed by atoms with Gasteiger partial charge in [-0.25, -0.2) is 9.97 Å². The fraction of sp³-hybridized carbons (Fsp3) is 0.538. The second kappa shape index (κ2) is 11.0. The Hall–Kier alpha value is -3.00. The minimum absolute atomic E-state index is 0.255. The maximum Gasteiger partial charge on any atom is 0.231 e. The van der Waals surface area contributed by atoms with Crippen molar-refractivity contribution in [3.8, 4) is 11.5 Å². The van der Waals surface area contributed by atoms with Gasteiger partial charge in [0, 0.05) is 31.4 Å². The van der Waals surface area contributed by atoms with Crippen molar-refractivity contribution >= 4 is 28.6 Å². The Kier molecular flexibility index (Phi) is 7.77. The molecule has 1 aliphatic rings. The molecule has 3 N–H and O–H groups in total. The molecule has 3 aromatic rings. The summed E-state index contributed by atoms with van der Waals surface area (Å²) in [5.41, 5.74) is 8.50. The van der Waals surface area contributed by atoms with Crippen LogP contribution in [0.2, 0.25) is 0 Å². The van der Waals surface area contributed by atoms with Crippen molar-refractivity contribution in [2.75, 3.05) is 36.6 Å². The highest BCUT2D eigenvalue weighted by Gasteiger charge is 2.18. The van der Waals surface area contributed by atoms with E-state index < -0.39 is 0 Å². The van der Waals surface area contributed by atoms with Gasteiger partial charge in [-0.1, -0.05) is 27.7 Å². The first-order valence-corrected chi connectivity index (χ1v) is 12.4. The third-order valence-electron chi connectivity index (χ3n) is 6.07. The predicted octanol–water partition coefficient (Wildman–Crippen LogP) is 5.15. The molecule has 8 nitrogen and oxygen atoms in total. The maximum atomic E-state index is 5.85. The molecule has 0 amide bonds. The molecular weight excluding hydrogens is 428 g/mol. The average molecular weight is 467 g/mol. The summed E-state index contributed by atoms with van der Waals surface area (Å²) in [5.74, 6) is 4.56. The topological polar surface area (TPSA) is 90.5 Å². The van der Waals surface area contributed by atoms with Crippen molar-refractivity contribution in [3.63, 3.8) is 0 Å². The van der Waals surface area contributed by atoms with Crippen LogP contribution < -0.4 is 25.4 Å². The first kappa shape index (κ1) is 24.1. The summed E-state index contributed by atoms with van der Waals surface area (Å²) in [5, 5.41) is 3.45. The summed E-state index contributed by atoms with van der Waals surface area (Å²) in [6.07, 6.45) is 3.12. The van der Waals surface area contributed by atoms with E-state index in [2.05, 4.69) is 54.6 Å². The molecule has 4 rings (SSSR count). The third kappa shape index (κ3) is 5.73. The molecule has 0 aliphatic carbocycles. The van der Waals surface area contributed by atoms with E-state index in [1.54, 1.807) is 0 Å². The number of nitrogens with one attached hydrogen (secondary N) is 1. The van der Waals surface area contributed by atoms with E-state index in [1.807, 2.05) is 18.2 Å². The van der Waals surface area contributed by atoms with Crippen molar-refractivity contribution < 1.29 is 9.47 Å². The van der Waals surface area contributed by atoms with Crippen LogP contribution in [0.25, 0.3) is 11.2 Å². The monoisotopic (exact) mass is 466 g/mol. The van der Waals surface area contributed by atoms with Crippen LogP contribution in [0.5, 0.6) is 11.5 Å². The highest BCUT2D eigenvalue weighted by Crippen LogP contribution is 2.35. The van der Waals surface area contributed by atoms with E-state index in [0.29, 0.717) is 18.4 Å². The van der Waals surface area contributed by atoms with E-state index in [0.717, 1.165) is 79.0 Å².